The second kappa shape index (κ2) is 7.44. The first-order chi connectivity index (χ1) is 13.0. The highest BCUT2D eigenvalue weighted by molar-refractivity contribution is 7.89. The molecular formula is C18H24N4O3S2. The molecule has 0 saturated carbocycles. The molecule has 0 aliphatic carbocycles. The highest BCUT2D eigenvalue weighted by atomic mass is 32.2. The Kier molecular flexibility index (Phi) is 5.17. The Balaban J connectivity index is 1.47. The molecule has 2 aliphatic heterocycles. The molecule has 1 aromatic heterocycles. The quantitative estimate of drug-likeness (QED) is 0.779. The normalized spacial score (nSPS) is 23.0. The number of benzene rings is 1. The number of sulfonamides is 1. The number of fused-ring (bicyclic) bond motifs is 1. The van der Waals surface area contributed by atoms with Gasteiger partial charge < -0.3 is 4.90 Å². The molecule has 2 fully saturated rings. The summed E-state index contributed by atoms with van der Waals surface area (Å²) in [5.41, 5.74) is 1.04. The Labute approximate surface area is 163 Å². The lowest BCUT2D eigenvalue weighted by molar-refractivity contribution is -0.140. The van der Waals surface area contributed by atoms with Gasteiger partial charge in [-0.25, -0.2) is 8.42 Å². The maximum Gasteiger partial charge on any atom is 0.245 e. The van der Waals surface area contributed by atoms with E-state index in [4.69, 9.17) is 0 Å². The van der Waals surface area contributed by atoms with Gasteiger partial charge in [0.05, 0.1) is 11.7 Å². The lowest BCUT2D eigenvalue weighted by Gasteiger charge is -2.38. The zero-order valence-electron chi connectivity index (χ0n) is 15.4. The molecule has 0 bridgehead atoms. The fraction of sp³-hybridized carbons (Fsp3) is 0.611. The fourth-order valence-electron chi connectivity index (χ4n) is 4.13. The van der Waals surface area contributed by atoms with E-state index < -0.39 is 10.0 Å². The Morgan fingerprint density at radius 2 is 1.89 bits per heavy atom. The van der Waals surface area contributed by atoms with E-state index in [0.717, 1.165) is 31.1 Å². The van der Waals surface area contributed by atoms with Crippen LogP contribution in [-0.2, 0) is 14.8 Å². The summed E-state index contributed by atoms with van der Waals surface area (Å²) >= 11 is 1.02. The largest absolute Gasteiger partial charge is 0.340 e. The number of amides is 1. The van der Waals surface area contributed by atoms with Gasteiger partial charge in [-0.1, -0.05) is 6.07 Å². The van der Waals surface area contributed by atoms with Crippen LogP contribution in [0.5, 0.6) is 0 Å². The van der Waals surface area contributed by atoms with Gasteiger partial charge >= 0.3 is 0 Å². The Bertz CT molecular complexity index is 935. The molecule has 0 N–H and O–H groups in total. The predicted octanol–water partition coefficient (Wildman–Crippen LogP) is 2.49. The molecule has 0 spiro atoms. The molecule has 2 aromatic rings. The van der Waals surface area contributed by atoms with Gasteiger partial charge in [0.15, 0.2) is 0 Å². The van der Waals surface area contributed by atoms with Crippen LogP contribution in [-0.4, -0.2) is 58.0 Å². The number of carbonyl (C=O) groups is 1. The summed E-state index contributed by atoms with van der Waals surface area (Å²) in [6, 6.07) is 5.35. The van der Waals surface area contributed by atoms with Crippen molar-refractivity contribution in [3.05, 3.63) is 18.2 Å². The maximum atomic E-state index is 13.1. The second-order valence-corrected chi connectivity index (χ2v) is 9.88. The van der Waals surface area contributed by atoms with Crippen LogP contribution in [0.25, 0.3) is 11.0 Å². The molecule has 9 heteroatoms. The molecule has 1 amide bonds. The summed E-state index contributed by atoms with van der Waals surface area (Å²) in [6.45, 7) is 3.68. The van der Waals surface area contributed by atoms with Crippen molar-refractivity contribution in [3.63, 3.8) is 0 Å². The van der Waals surface area contributed by atoms with Crippen LogP contribution in [0.15, 0.2) is 23.1 Å². The molecular weight excluding hydrogens is 384 g/mol. The predicted molar refractivity (Wildman–Crippen MR) is 104 cm³/mol. The van der Waals surface area contributed by atoms with Crippen molar-refractivity contribution < 1.29 is 13.2 Å². The van der Waals surface area contributed by atoms with Gasteiger partial charge in [0.2, 0.25) is 15.9 Å². The van der Waals surface area contributed by atoms with Gasteiger partial charge in [-0.15, -0.1) is 0 Å². The van der Waals surface area contributed by atoms with Crippen LogP contribution in [0.1, 0.15) is 39.0 Å². The molecule has 3 heterocycles. The molecule has 4 rings (SSSR count). The molecule has 0 radical (unpaired) electrons. The third-order valence-corrected chi connectivity index (χ3v) is 8.23. The number of aromatic nitrogens is 2. The number of hydrogen-bond donors (Lipinski definition) is 0. The lowest BCUT2D eigenvalue weighted by Crippen LogP contribution is -2.48. The van der Waals surface area contributed by atoms with E-state index in [0.29, 0.717) is 43.0 Å². The standard InChI is InChI=1S/C18H24N4O3S2/c1-13-5-2-3-10-22(13)18(23)14-8-11-21(12-9-14)27(24,25)16-7-4-6-15-17(16)20-26-19-15/h4,6-7,13-14H,2-3,5,8-12H2,1H3/t13-/m0/s1. The minimum absolute atomic E-state index is 0.0752. The molecule has 2 aliphatic rings. The van der Waals surface area contributed by atoms with Crippen LogP contribution in [0.2, 0.25) is 0 Å². The van der Waals surface area contributed by atoms with Gasteiger partial charge in [-0.05, 0) is 51.2 Å². The van der Waals surface area contributed by atoms with Gasteiger partial charge in [-0.3, -0.25) is 4.79 Å². The average Bonchev–Trinajstić information content (AvgIpc) is 3.16. The highest BCUT2D eigenvalue weighted by Crippen LogP contribution is 2.29. The van der Waals surface area contributed by atoms with Crippen molar-refractivity contribution >= 4 is 38.7 Å². The third kappa shape index (κ3) is 3.48. The monoisotopic (exact) mass is 408 g/mol. The van der Waals surface area contributed by atoms with E-state index in [1.54, 1.807) is 18.2 Å². The third-order valence-electron chi connectivity index (χ3n) is 5.76. The van der Waals surface area contributed by atoms with E-state index in [-0.39, 0.29) is 16.7 Å². The molecule has 27 heavy (non-hydrogen) atoms. The average molecular weight is 409 g/mol. The Morgan fingerprint density at radius 3 is 2.63 bits per heavy atom. The van der Waals surface area contributed by atoms with Gasteiger partial charge in [-0.2, -0.15) is 13.1 Å². The van der Waals surface area contributed by atoms with Crippen LogP contribution in [0.3, 0.4) is 0 Å². The molecule has 2 saturated heterocycles. The van der Waals surface area contributed by atoms with Crippen LogP contribution in [0, 0.1) is 5.92 Å². The van der Waals surface area contributed by atoms with Crippen LogP contribution >= 0.6 is 11.7 Å². The summed E-state index contributed by atoms with van der Waals surface area (Å²) in [4.78, 5) is 15.1. The summed E-state index contributed by atoms with van der Waals surface area (Å²) in [6.07, 6.45) is 4.46. The van der Waals surface area contributed by atoms with Crippen molar-refractivity contribution in [1.82, 2.24) is 18.0 Å². The molecule has 0 unspecified atom stereocenters. The van der Waals surface area contributed by atoms with E-state index in [2.05, 4.69) is 15.7 Å². The van der Waals surface area contributed by atoms with E-state index in [9.17, 15) is 13.2 Å². The first kappa shape index (κ1) is 18.8. The number of likely N-dealkylation sites (tertiary alicyclic amines) is 1. The van der Waals surface area contributed by atoms with Crippen molar-refractivity contribution in [3.8, 4) is 0 Å². The zero-order valence-corrected chi connectivity index (χ0v) is 17.0. The van der Waals surface area contributed by atoms with Crippen molar-refractivity contribution in [2.75, 3.05) is 19.6 Å². The van der Waals surface area contributed by atoms with Crippen molar-refractivity contribution in [1.29, 1.82) is 0 Å². The maximum absolute atomic E-state index is 13.1. The fourth-order valence-corrected chi connectivity index (χ4v) is 6.35. The van der Waals surface area contributed by atoms with Crippen LogP contribution in [0.4, 0.5) is 0 Å². The van der Waals surface area contributed by atoms with Gasteiger partial charge in [0.1, 0.15) is 15.9 Å². The van der Waals surface area contributed by atoms with E-state index in [1.165, 1.54) is 10.7 Å². The molecule has 1 aromatic carbocycles. The topological polar surface area (TPSA) is 83.5 Å². The van der Waals surface area contributed by atoms with E-state index >= 15 is 0 Å². The number of piperidine rings is 2. The lowest BCUT2D eigenvalue weighted by atomic mass is 9.94. The van der Waals surface area contributed by atoms with E-state index in [1.807, 2.05) is 4.90 Å². The summed E-state index contributed by atoms with van der Waals surface area (Å²) < 4.78 is 36.0. The Hall–Kier alpha value is -1.58. The number of carbonyl (C=O) groups excluding carboxylic acids is 1. The number of nitrogens with zero attached hydrogens (tertiary/aromatic N) is 4. The minimum Gasteiger partial charge on any atom is -0.340 e. The molecule has 1 atom stereocenters. The minimum atomic E-state index is -3.63. The number of hydrogen-bond acceptors (Lipinski definition) is 6. The summed E-state index contributed by atoms with van der Waals surface area (Å²) in [5, 5.41) is 0. The highest BCUT2D eigenvalue weighted by Gasteiger charge is 2.36. The van der Waals surface area contributed by atoms with Gasteiger partial charge in [0.25, 0.3) is 0 Å². The van der Waals surface area contributed by atoms with Crippen molar-refractivity contribution in [2.45, 2.75) is 50.0 Å². The van der Waals surface area contributed by atoms with Gasteiger partial charge in [0, 0.05) is 31.6 Å². The second-order valence-electron chi connectivity index (χ2n) is 7.44. The summed E-state index contributed by atoms with van der Waals surface area (Å²) in [7, 11) is -3.63. The smallest absolute Gasteiger partial charge is 0.245 e. The molecule has 146 valence electrons. The van der Waals surface area contributed by atoms with Crippen molar-refractivity contribution in [2.24, 2.45) is 5.92 Å². The SMILES string of the molecule is C[C@H]1CCCCN1C(=O)C1CCN(S(=O)(=O)c2cccc3nsnc23)CC1. The first-order valence-corrected chi connectivity index (χ1v) is 11.7. The van der Waals surface area contributed by atoms with Crippen LogP contribution < -0.4 is 0 Å². The Morgan fingerprint density at radius 1 is 1.11 bits per heavy atom. The summed E-state index contributed by atoms with van der Waals surface area (Å²) in [5.74, 6) is 0.124. The molecule has 7 nitrogen and oxygen atoms in total. The zero-order chi connectivity index (χ0) is 19.0. The first-order valence-electron chi connectivity index (χ1n) is 9.50. The number of rotatable bonds is 3.